The first kappa shape index (κ1) is 16.4. The van der Waals surface area contributed by atoms with E-state index in [1.165, 1.54) is 0 Å². The molecule has 0 aliphatic carbocycles. The van der Waals surface area contributed by atoms with Crippen LogP contribution in [0.15, 0.2) is 30.6 Å². The minimum Gasteiger partial charge on any atom is -0.497 e. The lowest BCUT2D eigenvalue weighted by Gasteiger charge is -2.26. The van der Waals surface area contributed by atoms with Crippen molar-refractivity contribution in [2.75, 3.05) is 21.3 Å². The molecule has 1 heterocycles. The zero-order valence-corrected chi connectivity index (χ0v) is 14.0. The first-order valence-electron chi connectivity index (χ1n) is 7.52. The van der Waals surface area contributed by atoms with Crippen LogP contribution in [0.25, 0.3) is 0 Å². The van der Waals surface area contributed by atoms with Crippen molar-refractivity contribution in [2.24, 2.45) is 0 Å². The third-order valence-corrected chi connectivity index (χ3v) is 4.09. The minimum atomic E-state index is 0.211. The molecule has 0 radical (unpaired) electrons. The molecular weight excluding hydrogens is 278 g/mol. The summed E-state index contributed by atoms with van der Waals surface area (Å²) in [7, 11) is 5.45. The summed E-state index contributed by atoms with van der Waals surface area (Å²) >= 11 is 0. The fourth-order valence-electron chi connectivity index (χ4n) is 2.54. The molecule has 0 bridgehead atoms. The van der Waals surface area contributed by atoms with Crippen LogP contribution in [-0.4, -0.2) is 35.7 Å². The van der Waals surface area contributed by atoms with Crippen LogP contribution < -0.4 is 9.47 Å². The fraction of sp³-hybridized carbons (Fsp3) is 0.471. The molecule has 0 saturated carbocycles. The van der Waals surface area contributed by atoms with Gasteiger partial charge in [0.25, 0.3) is 0 Å². The normalized spacial score (nSPS) is 12.5. The van der Waals surface area contributed by atoms with Crippen LogP contribution >= 0.6 is 0 Å². The molecule has 2 rings (SSSR count). The van der Waals surface area contributed by atoms with Crippen LogP contribution in [0.2, 0.25) is 0 Å². The maximum atomic E-state index is 5.51. The Labute approximate surface area is 132 Å². The van der Waals surface area contributed by atoms with Crippen molar-refractivity contribution in [3.05, 3.63) is 42.0 Å². The van der Waals surface area contributed by atoms with Crippen molar-refractivity contribution >= 4 is 0 Å². The van der Waals surface area contributed by atoms with Gasteiger partial charge in [-0.05, 0) is 27.0 Å². The van der Waals surface area contributed by atoms with Gasteiger partial charge in [0.15, 0.2) is 0 Å². The number of benzene rings is 1. The number of hydrogen-bond donors (Lipinski definition) is 0. The predicted octanol–water partition coefficient (Wildman–Crippen LogP) is 3.11. The van der Waals surface area contributed by atoms with Crippen LogP contribution in [0, 0.1) is 0 Å². The second-order valence-electron chi connectivity index (χ2n) is 5.33. The zero-order valence-electron chi connectivity index (χ0n) is 14.0. The van der Waals surface area contributed by atoms with Crippen LogP contribution in [0.1, 0.15) is 31.3 Å². The molecule has 1 unspecified atom stereocenters. The Morgan fingerprint density at radius 3 is 2.68 bits per heavy atom. The third kappa shape index (κ3) is 3.42. The van der Waals surface area contributed by atoms with Crippen molar-refractivity contribution in [3.63, 3.8) is 0 Å². The highest BCUT2D eigenvalue weighted by Crippen LogP contribution is 2.32. The van der Waals surface area contributed by atoms with Crippen molar-refractivity contribution in [2.45, 2.75) is 33.0 Å². The van der Waals surface area contributed by atoms with Crippen molar-refractivity contribution in [3.8, 4) is 11.5 Å². The molecule has 1 aromatic heterocycles. The summed E-state index contributed by atoms with van der Waals surface area (Å²) in [5.41, 5.74) is 1.14. The summed E-state index contributed by atoms with van der Waals surface area (Å²) in [6.07, 6.45) is 3.87. The molecule has 0 aliphatic rings. The van der Waals surface area contributed by atoms with E-state index in [9.17, 15) is 0 Å². The number of ether oxygens (including phenoxy) is 2. The largest absolute Gasteiger partial charge is 0.497 e. The third-order valence-electron chi connectivity index (χ3n) is 4.09. The average molecular weight is 303 g/mol. The standard InChI is InChI=1S/C17H25N3O2/c1-6-20-10-9-18-17(20)12-19(3)13(2)15-8-7-14(21-4)11-16(15)22-5/h7-11,13H,6,12H2,1-5H3. The van der Waals surface area contributed by atoms with Gasteiger partial charge in [0, 0.05) is 36.6 Å². The van der Waals surface area contributed by atoms with E-state index >= 15 is 0 Å². The molecule has 2 aromatic rings. The van der Waals surface area contributed by atoms with E-state index in [2.05, 4.69) is 41.4 Å². The maximum absolute atomic E-state index is 5.51. The molecule has 1 atom stereocenters. The second kappa shape index (κ2) is 7.31. The van der Waals surface area contributed by atoms with E-state index < -0.39 is 0 Å². The van der Waals surface area contributed by atoms with Crippen LogP contribution in [-0.2, 0) is 13.1 Å². The molecular formula is C17H25N3O2. The molecule has 22 heavy (non-hydrogen) atoms. The molecule has 0 amide bonds. The first-order valence-corrected chi connectivity index (χ1v) is 7.52. The molecule has 1 aromatic carbocycles. The number of methoxy groups -OCH3 is 2. The Bertz CT molecular complexity index is 610. The summed E-state index contributed by atoms with van der Waals surface area (Å²) in [5, 5.41) is 0. The van der Waals surface area contributed by atoms with Gasteiger partial charge in [-0.15, -0.1) is 0 Å². The highest BCUT2D eigenvalue weighted by molar-refractivity contribution is 5.42. The average Bonchev–Trinajstić information content (AvgIpc) is 3.00. The quantitative estimate of drug-likeness (QED) is 0.788. The summed E-state index contributed by atoms with van der Waals surface area (Å²) < 4.78 is 12.9. The van der Waals surface area contributed by atoms with E-state index in [4.69, 9.17) is 9.47 Å². The number of aromatic nitrogens is 2. The Morgan fingerprint density at radius 1 is 1.27 bits per heavy atom. The number of aryl methyl sites for hydroxylation is 1. The summed E-state index contributed by atoms with van der Waals surface area (Å²) in [6.45, 7) is 6.02. The number of nitrogens with zero attached hydrogens (tertiary/aromatic N) is 3. The van der Waals surface area contributed by atoms with Crippen molar-refractivity contribution in [1.29, 1.82) is 0 Å². The SMILES string of the molecule is CCn1ccnc1CN(C)C(C)c1ccc(OC)cc1OC. The second-order valence-corrected chi connectivity index (χ2v) is 5.33. The lowest BCUT2D eigenvalue weighted by molar-refractivity contribution is 0.238. The fourth-order valence-corrected chi connectivity index (χ4v) is 2.54. The first-order chi connectivity index (χ1) is 10.6. The molecule has 0 aliphatic heterocycles. The van der Waals surface area contributed by atoms with Crippen molar-refractivity contribution < 1.29 is 9.47 Å². The zero-order chi connectivity index (χ0) is 16.1. The number of imidazole rings is 1. The highest BCUT2D eigenvalue weighted by atomic mass is 16.5. The molecule has 0 fully saturated rings. The van der Waals surface area contributed by atoms with E-state index in [0.717, 1.165) is 36.0 Å². The Kier molecular flexibility index (Phi) is 5.44. The van der Waals surface area contributed by atoms with Gasteiger partial charge in [0.05, 0.1) is 20.8 Å². The summed E-state index contributed by atoms with van der Waals surface area (Å²) in [4.78, 5) is 6.71. The molecule has 5 heteroatoms. The van der Waals surface area contributed by atoms with E-state index in [1.807, 2.05) is 24.5 Å². The van der Waals surface area contributed by atoms with Gasteiger partial charge in [0.2, 0.25) is 0 Å². The van der Waals surface area contributed by atoms with E-state index in [1.54, 1.807) is 14.2 Å². The van der Waals surface area contributed by atoms with Gasteiger partial charge in [-0.25, -0.2) is 4.98 Å². The maximum Gasteiger partial charge on any atom is 0.127 e. The molecule has 120 valence electrons. The van der Waals surface area contributed by atoms with Crippen molar-refractivity contribution in [1.82, 2.24) is 14.5 Å². The van der Waals surface area contributed by atoms with Gasteiger partial charge in [-0.2, -0.15) is 0 Å². The van der Waals surface area contributed by atoms with Gasteiger partial charge in [0.1, 0.15) is 17.3 Å². The summed E-state index contributed by atoms with van der Waals surface area (Å²) in [6, 6.07) is 6.16. The van der Waals surface area contributed by atoms with E-state index in [-0.39, 0.29) is 6.04 Å². The minimum absolute atomic E-state index is 0.211. The van der Waals surface area contributed by atoms with Gasteiger partial charge >= 0.3 is 0 Å². The van der Waals surface area contributed by atoms with Crippen LogP contribution in [0.4, 0.5) is 0 Å². The van der Waals surface area contributed by atoms with E-state index in [0.29, 0.717) is 0 Å². The van der Waals surface area contributed by atoms with Gasteiger partial charge < -0.3 is 14.0 Å². The lowest BCUT2D eigenvalue weighted by Crippen LogP contribution is -2.24. The lowest BCUT2D eigenvalue weighted by atomic mass is 10.1. The molecule has 0 saturated heterocycles. The number of hydrogen-bond acceptors (Lipinski definition) is 4. The van der Waals surface area contributed by atoms with Crippen LogP contribution in [0.3, 0.4) is 0 Å². The van der Waals surface area contributed by atoms with Gasteiger partial charge in [-0.1, -0.05) is 6.07 Å². The highest BCUT2D eigenvalue weighted by Gasteiger charge is 2.18. The Morgan fingerprint density at radius 2 is 2.05 bits per heavy atom. The van der Waals surface area contributed by atoms with Gasteiger partial charge in [-0.3, -0.25) is 4.90 Å². The number of rotatable bonds is 7. The Balaban J connectivity index is 2.18. The summed E-state index contributed by atoms with van der Waals surface area (Å²) in [5.74, 6) is 2.72. The van der Waals surface area contributed by atoms with Crippen LogP contribution in [0.5, 0.6) is 11.5 Å². The molecule has 5 nitrogen and oxygen atoms in total. The Hall–Kier alpha value is -2.01. The molecule has 0 N–H and O–H groups in total. The topological polar surface area (TPSA) is 39.5 Å². The monoisotopic (exact) mass is 303 g/mol. The molecule has 0 spiro atoms. The predicted molar refractivity (Wildman–Crippen MR) is 87.3 cm³/mol. The smallest absolute Gasteiger partial charge is 0.127 e.